The normalized spacial score (nSPS) is 18.5. The van der Waals surface area contributed by atoms with Crippen molar-refractivity contribution >= 4 is 6.09 Å². The van der Waals surface area contributed by atoms with Crippen LogP contribution in [0.5, 0.6) is 0 Å². The fourth-order valence-electron chi connectivity index (χ4n) is 2.69. The van der Waals surface area contributed by atoms with E-state index in [4.69, 9.17) is 4.74 Å². The van der Waals surface area contributed by atoms with E-state index in [0.29, 0.717) is 0 Å². The van der Waals surface area contributed by atoms with Gasteiger partial charge >= 0.3 is 6.09 Å². The van der Waals surface area contributed by atoms with Crippen LogP contribution in [-0.4, -0.2) is 39.1 Å². The van der Waals surface area contributed by atoms with Gasteiger partial charge < -0.3 is 9.64 Å². The zero-order chi connectivity index (χ0) is 16.2. The van der Waals surface area contributed by atoms with Crippen LogP contribution in [-0.2, 0) is 17.6 Å². The number of nitrogens with zero attached hydrogens (tertiary/aromatic N) is 3. The second-order valence-electron chi connectivity index (χ2n) is 6.87. The zero-order valence-corrected chi connectivity index (χ0v) is 14.1. The number of ether oxygens (including phenoxy) is 1. The quantitative estimate of drug-likeness (QED) is 0.856. The van der Waals surface area contributed by atoms with Crippen LogP contribution >= 0.6 is 0 Å². The van der Waals surface area contributed by atoms with E-state index in [1.165, 1.54) is 0 Å². The maximum Gasteiger partial charge on any atom is 0.410 e. The van der Waals surface area contributed by atoms with Crippen LogP contribution in [0, 0.1) is 0 Å². The van der Waals surface area contributed by atoms with Gasteiger partial charge in [-0.1, -0.05) is 6.92 Å². The Kier molecular flexibility index (Phi) is 5.37. The van der Waals surface area contributed by atoms with Gasteiger partial charge in [0.15, 0.2) is 0 Å². The Bertz CT molecular complexity index is 494. The molecule has 0 spiro atoms. The van der Waals surface area contributed by atoms with Crippen LogP contribution in [0.2, 0.25) is 0 Å². The van der Waals surface area contributed by atoms with Crippen molar-refractivity contribution < 1.29 is 9.53 Å². The lowest BCUT2D eigenvalue weighted by molar-refractivity contribution is 0.0220. The summed E-state index contributed by atoms with van der Waals surface area (Å²) in [5, 5.41) is 0. The van der Waals surface area contributed by atoms with E-state index in [-0.39, 0.29) is 12.1 Å². The Hall–Kier alpha value is -1.65. The molecule has 0 unspecified atom stereocenters. The highest BCUT2D eigenvalue weighted by molar-refractivity contribution is 5.68. The van der Waals surface area contributed by atoms with Crippen molar-refractivity contribution in [2.45, 2.75) is 71.4 Å². The number of aromatic nitrogens is 2. The molecule has 1 aromatic heterocycles. The van der Waals surface area contributed by atoms with Crippen molar-refractivity contribution in [3.63, 3.8) is 0 Å². The topological polar surface area (TPSA) is 55.3 Å². The molecule has 0 saturated carbocycles. The molecule has 2 rings (SSSR count). The molecule has 5 heteroatoms. The summed E-state index contributed by atoms with van der Waals surface area (Å²) in [6.45, 7) is 8.59. The first-order valence-corrected chi connectivity index (χ1v) is 8.18. The average Bonchev–Trinajstić information content (AvgIpc) is 2.92. The Morgan fingerprint density at radius 3 is 2.64 bits per heavy atom. The molecule has 1 aromatic rings. The van der Waals surface area contributed by atoms with Crippen LogP contribution < -0.4 is 0 Å². The Morgan fingerprint density at radius 1 is 1.36 bits per heavy atom. The molecular formula is C17H27N3O2. The number of amides is 1. The van der Waals surface area contributed by atoms with Gasteiger partial charge in [0.05, 0.1) is 0 Å². The van der Waals surface area contributed by atoms with E-state index in [9.17, 15) is 4.79 Å². The van der Waals surface area contributed by atoms with Gasteiger partial charge in [-0.3, -0.25) is 0 Å². The summed E-state index contributed by atoms with van der Waals surface area (Å²) in [6, 6.07) is 0.240. The van der Waals surface area contributed by atoms with Crippen molar-refractivity contribution in [1.29, 1.82) is 0 Å². The molecule has 2 heterocycles. The summed E-state index contributed by atoms with van der Waals surface area (Å²) in [6.07, 6.45) is 8.31. The number of carbonyl (C=O) groups is 1. The standard InChI is InChI=1S/C17H27N3O2/c1-5-13-11-18-15(19-12-13)9-8-14-7-6-10-20(14)16(21)22-17(2,3)4/h11-12,14H,5-10H2,1-4H3/t14-/m0/s1. The SMILES string of the molecule is CCc1cnc(CC[C@@H]2CCCN2C(=O)OC(C)(C)C)nc1. The third kappa shape index (κ3) is 4.68. The summed E-state index contributed by atoms with van der Waals surface area (Å²) in [4.78, 5) is 22.9. The average molecular weight is 305 g/mol. The predicted octanol–water partition coefficient (Wildman–Crippen LogP) is 3.37. The number of hydrogen-bond acceptors (Lipinski definition) is 4. The summed E-state index contributed by atoms with van der Waals surface area (Å²) in [7, 11) is 0. The number of hydrogen-bond donors (Lipinski definition) is 0. The minimum absolute atomic E-state index is 0.197. The number of likely N-dealkylation sites (tertiary alicyclic amines) is 1. The zero-order valence-electron chi connectivity index (χ0n) is 14.1. The van der Waals surface area contributed by atoms with Crippen molar-refractivity contribution in [1.82, 2.24) is 14.9 Å². The molecule has 1 saturated heterocycles. The van der Waals surface area contributed by atoms with Crippen LogP contribution in [0.1, 0.15) is 58.3 Å². The van der Waals surface area contributed by atoms with Gasteiger partial charge in [-0.05, 0) is 52.0 Å². The summed E-state index contributed by atoms with van der Waals surface area (Å²) >= 11 is 0. The number of carbonyl (C=O) groups excluding carboxylic acids is 1. The van der Waals surface area contributed by atoms with Gasteiger partial charge in [0.1, 0.15) is 11.4 Å². The maximum atomic E-state index is 12.2. The fourth-order valence-corrected chi connectivity index (χ4v) is 2.69. The van der Waals surface area contributed by atoms with Crippen LogP contribution in [0.15, 0.2) is 12.4 Å². The third-order valence-electron chi connectivity index (χ3n) is 3.87. The van der Waals surface area contributed by atoms with Crippen molar-refractivity contribution in [3.8, 4) is 0 Å². The third-order valence-corrected chi connectivity index (χ3v) is 3.87. The molecule has 0 aliphatic carbocycles. The molecule has 22 heavy (non-hydrogen) atoms. The predicted molar refractivity (Wildman–Crippen MR) is 85.7 cm³/mol. The van der Waals surface area contributed by atoms with Gasteiger partial charge in [0.2, 0.25) is 0 Å². The fraction of sp³-hybridized carbons (Fsp3) is 0.706. The molecule has 1 fully saturated rings. The van der Waals surface area contributed by atoms with Gasteiger partial charge in [0, 0.05) is 31.4 Å². The Morgan fingerprint density at radius 2 is 2.05 bits per heavy atom. The second kappa shape index (κ2) is 7.07. The van der Waals surface area contributed by atoms with Gasteiger partial charge in [-0.2, -0.15) is 0 Å². The monoisotopic (exact) mass is 305 g/mol. The molecule has 5 nitrogen and oxygen atoms in total. The second-order valence-corrected chi connectivity index (χ2v) is 6.87. The van der Waals surface area contributed by atoms with Crippen molar-refractivity contribution in [3.05, 3.63) is 23.8 Å². The van der Waals surface area contributed by atoms with Crippen LogP contribution in [0.4, 0.5) is 4.79 Å². The van der Waals surface area contributed by atoms with Gasteiger partial charge in [-0.15, -0.1) is 0 Å². The summed E-state index contributed by atoms with van der Waals surface area (Å²) in [5.74, 6) is 0.855. The molecule has 1 amide bonds. The first-order chi connectivity index (χ1) is 10.4. The Labute approximate surface area is 133 Å². The summed E-state index contributed by atoms with van der Waals surface area (Å²) < 4.78 is 5.49. The Balaban J connectivity index is 1.89. The molecule has 1 aliphatic heterocycles. The van der Waals surface area contributed by atoms with E-state index in [2.05, 4.69) is 16.9 Å². The van der Waals surface area contributed by atoms with E-state index in [0.717, 1.165) is 50.0 Å². The van der Waals surface area contributed by atoms with Crippen molar-refractivity contribution in [2.24, 2.45) is 0 Å². The van der Waals surface area contributed by atoms with Crippen LogP contribution in [0.3, 0.4) is 0 Å². The number of rotatable bonds is 4. The van der Waals surface area contributed by atoms with Crippen LogP contribution in [0.25, 0.3) is 0 Å². The molecular weight excluding hydrogens is 278 g/mol. The van der Waals surface area contributed by atoms with Gasteiger partial charge in [0.25, 0.3) is 0 Å². The molecule has 122 valence electrons. The highest BCUT2D eigenvalue weighted by Crippen LogP contribution is 2.23. The smallest absolute Gasteiger partial charge is 0.410 e. The maximum absolute atomic E-state index is 12.2. The molecule has 1 aliphatic rings. The highest BCUT2D eigenvalue weighted by Gasteiger charge is 2.31. The minimum Gasteiger partial charge on any atom is -0.444 e. The lowest BCUT2D eigenvalue weighted by atomic mass is 10.1. The molecule has 0 radical (unpaired) electrons. The lowest BCUT2D eigenvalue weighted by Crippen LogP contribution is -2.40. The van der Waals surface area contributed by atoms with Gasteiger partial charge in [-0.25, -0.2) is 14.8 Å². The van der Waals surface area contributed by atoms with E-state index in [1.807, 2.05) is 38.1 Å². The molecule has 0 aromatic carbocycles. The lowest BCUT2D eigenvalue weighted by Gasteiger charge is -2.28. The van der Waals surface area contributed by atoms with E-state index >= 15 is 0 Å². The first-order valence-electron chi connectivity index (χ1n) is 8.18. The van der Waals surface area contributed by atoms with E-state index < -0.39 is 5.60 Å². The first kappa shape index (κ1) is 16.7. The highest BCUT2D eigenvalue weighted by atomic mass is 16.6. The summed E-state index contributed by atoms with van der Waals surface area (Å²) in [5.41, 5.74) is 0.712. The largest absolute Gasteiger partial charge is 0.444 e. The minimum atomic E-state index is -0.441. The molecule has 0 N–H and O–H groups in total. The molecule has 1 atom stereocenters. The number of aryl methyl sites for hydroxylation is 2. The van der Waals surface area contributed by atoms with Crippen molar-refractivity contribution in [2.75, 3.05) is 6.54 Å². The van der Waals surface area contributed by atoms with E-state index in [1.54, 1.807) is 0 Å². The molecule has 0 bridgehead atoms.